The Balaban J connectivity index is 2.43. The molecule has 0 aliphatic heterocycles. The van der Waals surface area contributed by atoms with Gasteiger partial charge in [0, 0.05) is 11.6 Å². The number of hydrogen-bond acceptors (Lipinski definition) is 2. The van der Waals surface area contributed by atoms with Crippen LogP contribution in [0.25, 0.3) is 0 Å². The van der Waals surface area contributed by atoms with E-state index >= 15 is 0 Å². The zero-order chi connectivity index (χ0) is 13.1. The molecule has 2 rings (SSSR count). The molecule has 0 aliphatic carbocycles. The second-order valence-corrected chi connectivity index (χ2v) is 4.72. The Labute approximate surface area is 121 Å². The van der Waals surface area contributed by atoms with E-state index in [-0.39, 0.29) is 0 Å². The fourth-order valence-electron chi connectivity index (χ4n) is 1.89. The largest absolute Gasteiger partial charge is 0.427 e. The van der Waals surface area contributed by atoms with Crippen molar-refractivity contribution < 1.29 is 7.63 Å². The fraction of sp³-hybridized carbons (Fsp3) is 0.214. The Morgan fingerprint density at radius 2 is 1.94 bits per heavy atom. The molecule has 0 spiro atoms. The summed E-state index contributed by atoms with van der Waals surface area (Å²) in [5.74, 6) is 1.94. The van der Waals surface area contributed by atoms with Gasteiger partial charge < -0.3 is 3.07 Å². The van der Waals surface area contributed by atoms with E-state index in [2.05, 4.69) is 35.9 Å². The molecule has 94 valence electrons. The number of halogens is 1. The van der Waals surface area contributed by atoms with Gasteiger partial charge in [-0.05, 0) is 31.5 Å². The summed E-state index contributed by atoms with van der Waals surface area (Å²) in [6, 6.07) is 10.1. The van der Waals surface area contributed by atoms with Gasteiger partial charge in [0.15, 0.2) is 23.0 Å². The summed E-state index contributed by atoms with van der Waals surface area (Å²) < 4.78 is 7.38. The van der Waals surface area contributed by atoms with Gasteiger partial charge >= 0.3 is 0 Å². The minimum atomic E-state index is 0.891. The van der Waals surface area contributed by atoms with E-state index in [1.807, 2.05) is 54.4 Å². The first-order chi connectivity index (χ1) is 8.63. The van der Waals surface area contributed by atoms with Crippen LogP contribution in [0.3, 0.4) is 0 Å². The van der Waals surface area contributed by atoms with Crippen LogP contribution in [0.4, 0.5) is 11.5 Å². The van der Waals surface area contributed by atoms with Crippen LogP contribution in [-0.2, 0) is 7.05 Å². The van der Waals surface area contributed by atoms with Crippen molar-refractivity contribution >= 4 is 34.5 Å². The second-order valence-electron chi connectivity index (χ2n) is 4.28. The monoisotopic (exact) mass is 355 g/mol. The Bertz CT molecular complexity index is 570. The summed E-state index contributed by atoms with van der Waals surface area (Å²) in [4.78, 5) is 0. The molecule has 4 heteroatoms. The van der Waals surface area contributed by atoms with Crippen molar-refractivity contribution in [1.82, 2.24) is 0 Å². The Kier molecular flexibility index (Phi) is 4.06. The predicted molar refractivity (Wildman–Crippen MR) is 81.5 cm³/mol. The molecule has 1 aromatic carbocycles. The zero-order valence-electron chi connectivity index (χ0n) is 10.7. The Morgan fingerprint density at radius 1 is 1.17 bits per heavy atom. The van der Waals surface area contributed by atoms with Crippen LogP contribution in [0.1, 0.15) is 11.1 Å². The minimum absolute atomic E-state index is 0.891. The van der Waals surface area contributed by atoms with Gasteiger partial charge in [0.05, 0.1) is 13.2 Å². The first-order valence-corrected chi connectivity index (χ1v) is 6.62. The molecule has 1 N–H and O–H groups in total. The average molecular weight is 355 g/mol. The molecule has 0 saturated carbocycles. The SMILES string of the molecule is Cc1ccc(OI)c(C)c1Nc1cccc[n+]1C. The Morgan fingerprint density at radius 3 is 2.61 bits per heavy atom. The first-order valence-electron chi connectivity index (χ1n) is 5.74. The first kappa shape index (κ1) is 13.1. The fourth-order valence-corrected chi connectivity index (χ4v) is 2.36. The second kappa shape index (κ2) is 5.56. The summed E-state index contributed by atoms with van der Waals surface area (Å²) in [7, 11) is 2.02. The van der Waals surface area contributed by atoms with Crippen LogP contribution in [0.5, 0.6) is 5.75 Å². The molecule has 18 heavy (non-hydrogen) atoms. The van der Waals surface area contributed by atoms with Gasteiger partial charge in [-0.3, -0.25) is 0 Å². The van der Waals surface area contributed by atoms with E-state index in [0.717, 1.165) is 22.8 Å². The maximum Gasteiger partial charge on any atom is 0.279 e. The number of aromatic nitrogens is 1. The van der Waals surface area contributed by atoms with Crippen molar-refractivity contribution in [2.24, 2.45) is 7.05 Å². The molecule has 0 aliphatic rings. The van der Waals surface area contributed by atoms with Crippen molar-refractivity contribution in [3.63, 3.8) is 0 Å². The summed E-state index contributed by atoms with van der Waals surface area (Å²) in [6.07, 6.45) is 2.02. The highest BCUT2D eigenvalue weighted by Crippen LogP contribution is 2.31. The van der Waals surface area contributed by atoms with Crippen LogP contribution >= 0.6 is 23.0 Å². The van der Waals surface area contributed by atoms with Gasteiger partial charge in [0.1, 0.15) is 11.4 Å². The van der Waals surface area contributed by atoms with Crippen molar-refractivity contribution in [2.75, 3.05) is 5.32 Å². The lowest BCUT2D eigenvalue weighted by Crippen LogP contribution is -2.30. The minimum Gasteiger partial charge on any atom is -0.427 e. The molecule has 1 heterocycles. The van der Waals surface area contributed by atoms with E-state index in [9.17, 15) is 0 Å². The number of anilines is 2. The number of pyridine rings is 1. The molecule has 0 amide bonds. The van der Waals surface area contributed by atoms with Gasteiger partial charge in [-0.2, -0.15) is 0 Å². The maximum absolute atomic E-state index is 5.33. The quantitative estimate of drug-likeness (QED) is 0.672. The third kappa shape index (κ3) is 2.58. The number of rotatable bonds is 3. The van der Waals surface area contributed by atoms with Gasteiger partial charge in [0.2, 0.25) is 0 Å². The number of hydrogen-bond donors (Lipinski definition) is 1. The number of nitrogens with zero attached hydrogens (tertiary/aromatic N) is 1. The van der Waals surface area contributed by atoms with Gasteiger partial charge in [-0.15, -0.1) is 0 Å². The van der Waals surface area contributed by atoms with Crippen LogP contribution in [0.2, 0.25) is 0 Å². The summed E-state index contributed by atoms with van der Waals surface area (Å²) in [6.45, 7) is 4.15. The van der Waals surface area contributed by atoms with Crippen LogP contribution in [0.15, 0.2) is 36.5 Å². The Hall–Kier alpha value is -1.30. The maximum atomic E-state index is 5.33. The molecule has 0 unspecified atom stereocenters. The van der Waals surface area contributed by atoms with E-state index in [0.29, 0.717) is 0 Å². The molecular formula is C14H16IN2O+. The lowest BCUT2D eigenvalue weighted by Gasteiger charge is -2.10. The highest BCUT2D eigenvalue weighted by atomic mass is 127. The lowest BCUT2D eigenvalue weighted by atomic mass is 10.1. The third-order valence-electron chi connectivity index (χ3n) is 3.01. The summed E-state index contributed by atoms with van der Waals surface area (Å²) in [5, 5.41) is 3.46. The van der Waals surface area contributed by atoms with Crippen LogP contribution in [0, 0.1) is 13.8 Å². The van der Waals surface area contributed by atoms with Crippen molar-refractivity contribution in [3.8, 4) is 5.75 Å². The summed E-state index contributed by atoms with van der Waals surface area (Å²) >= 11 is 1.91. The van der Waals surface area contributed by atoms with Crippen molar-refractivity contribution in [2.45, 2.75) is 13.8 Å². The molecular weight excluding hydrogens is 339 g/mol. The van der Waals surface area contributed by atoms with E-state index in [1.54, 1.807) is 0 Å². The van der Waals surface area contributed by atoms with Crippen molar-refractivity contribution in [1.29, 1.82) is 0 Å². The van der Waals surface area contributed by atoms with Crippen LogP contribution in [-0.4, -0.2) is 0 Å². The average Bonchev–Trinajstić information content (AvgIpc) is 2.37. The van der Waals surface area contributed by atoms with E-state index in [1.165, 1.54) is 5.56 Å². The molecule has 3 nitrogen and oxygen atoms in total. The highest BCUT2D eigenvalue weighted by Gasteiger charge is 2.14. The molecule has 0 atom stereocenters. The molecule has 0 saturated heterocycles. The van der Waals surface area contributed by atoms with Gasteiger partial charge in [-0.1, -0.05) is 12.1 Å². The zero-order valence-corrected chi connectivity index (χ0v) is 12.9. The lowest BCUT2D eigenvalue weighted by molar-refractivity contribution is -0.657. The molecule has 2 aromatic rings. The molecule has 0 radical (unpaired) electrons. The highest BCUT2D eigenvalue weighted by molar-refractivity contribution is 14.1. The number of aryl methyl sites for hydroxylation is 2. The van der Waals surface area contributed by atoms with Crippen LogP contribution < -0.4 is 13.0 Å². The predicted octanol–water partition coefficient (Wildman–Crippen LogP) is 3.60. The van der Waals surface area contributed by atoms with Crippen molar-refractivity contribution in [3.05, 3.63) is 47.7 Å². The number of benzene rings is 1. The third-order valence-corrected chi connectivity index (χ3v) is 3.49. The topological polar surface area (TPSA) is 25.1 Å². The number of nitrogens with one attached hydrogen (secondary N) is 1. The van der Waals surface area contributed by atoms with Gasteiger partial charge in [0.25, 0.3) is 5.82 Å². The van der Waals surface area contributed by atoms with E-state index < -0.39 is 0 Å². The molecule has 0 bridgehead atoms. The summed E-state index contributed by atoms with van der Waals surface area (Å²) in [5.41, 5.74) is 3.42. The van der Waals surface area contributed by atoms with Gasteiger partial charge in [-0.25, -0.2) is 9.88 Å². The normalized spacial score (nSPS) is 10.2. The standard InChI is InChI=1S/C14H15IN2O/c1-10-7-8-12(18-15)11(2)14(10)16-13-6-4-5-9-17(13)3/h4-9H,1-3H3/p+1. The van der Waals surface area contributed by atoms with E-state index in [4.69, 9.17) is 3.07 Å². The molecule has 1 aromatic heterocycles. The molecule has 0 fully saturated rings. The smallest absolute Gasteiger partial charge is 0.279 e.